The molecule has 1 saturated heterocycles. The fourth-order valence-corrected chi connectivity index (χ4v) is 3.60. The first-order valence-corrected chi connectivity index (χ1v) is 8.99. The number of hydrogen-bond acceptors (Lipinski definition) is 4. The number of para-hydroxylation sites is 1. The van der Waals surface area contributed by atoms with E-state index in [4.69, 9.17) is 4.74 Å². The highest BCUT2D eigenvalue weighted by atomic mass is 16.5. The Kier molecular flexibility index (Phi) is 5.41. The van der Waals surface area contributed by atoms with Crippen LogP contribution in [0.5, 0.6) is 0 Å². The standard InChI is InChI=1S/C19H29N3O2/c1-19(2,22-10-12-24-13-11-22)15-20-18(23)14-21-9-5-7-16-6-3-4-8-17(16)21/h3-4,6,8H,5,7,9-15H2,1-2H3,(H,20,23). The number of morpholine rings is 1. The molecule has 5 nitrogen and oxygen atoms in total. The van der Waals surface area contributed by atoms with Gasteiger partial charge in [-0.2, -0.15) is 0 Å². The molecule has 132 valence electrons. The van der Waals surface area contributed by atoms with Crippen molar-refractivity contribution in [2.45, 2.75) is 32.2 Å². The minimum atomic E-state index is -0.0424. The van der Waals surface area contributed by atoms with Gasteiger partial charge in [0.15, 0.2) is 0 Å². The molecule has 0 aromatic heterocycles. The molecule has 0 saturated carbocycles. The maximum absolute atomic E-state index is 12.5. The summed E-state index contributed by atoms with van der Waals surface area (Å²) >= 11 is 0. The molecule has 1 aromatic carbocycles. The number of rotatable bonds is 5. The number of carbonyl (C=O) groups is 1. The summed E-state index contributed by atoms with van der Waals surface area (Å²) in [7, 11) is 0. The Morgan fingerprint density at radius 1 is 1.21 bits per heavy atom. The van der Waals surface area contributed by atoms with Crippen molar-refractivity contribution in [3.8, 4) is 0 Å². The Labute approximate surface area is 145 Å². The molecule has 1 amide bonds. The maximum atomic E-state index is 12.5. The third-order valence-corrected chi connectivity index (χ3v) is 5.13. The van der Waals surface area contributed by atoms with E-state index >= 15 is 0 Å². The van der Waals surface area contributed by atoms with Gasteiger partial charge in [-0.05, 0) is 38.3 Å². The number of carbonyl (C=O) groups excluding carboxylic acids is 1. The van der Waals surface area contributed by atoms with Crippen LogP contribution in [0.1, 0.15) is 25.8 Å². The normalized spacial score (nSPS) is 19.0. The van der Waals surface area contributed by atoms with Crippen molar-refractivity contribution in [1.29, 1.82) is 0 Å². The van der Waals surface area contributed by atoms with E-state index < -0.39 is 0 Å². The topological polar surface area (TPSA) is 44.8 Å². The highest BCUT2D eigenvalue weighted by molar-refractivity contribution is 5.82. The average Bonchev–Trinajstić information content (AvgIpc) is 2.61. The lowest BCUT2D eigenvalue weighted by atomic mass is 10.0. The fraction of sp³-hybridized carbons (Fsp3) is 0.632. The molecule has 2 aliphatic rings. The van der Waals surface area contributed by atoms with Crippen molar-refractivity contribution in [3.63, 3.8) is 0 Å². The molecule has 0 spiro atoms. The van der Waals surface area contributed by atoms with Gasteiger partial charge in [0.05, 0.1) is 19.8 Å². The zero-order chi connectivity index (χ0) is 17.0. The van der Waals surface area contributed by atoms with Gasteiger partial charge in [0.2, 0.25) is 5.91 Å². The van der Waals surface area contributed by atoms with Crippen molar-refractivity contribution in [1.82, 2.24) is 10.2 Å². The monoisotopic (exact) mass is 331 g/mol. The van der Waals surface area contributed by atoms with Crippen LogP contribution < -0.4 is 10.2 Å². The molecule has 1 N–H and O–H groups in total. The van der Waals surface area contributed by atoms with Crippen molar-refractivity contribution in [2.24, 2.45) is 0 Å². The van der Waals surface area contributed by atoms with E-state index in [1.807, 2.05) is 0 Å². The third kappa shape index (κ3) is 4.08. The first kappa shape index (κ1) is 17.2. The molecule has 0 aliphatic carbocycles. The Morgan fingerprint density at radius 3 is 2.75 bits per heavy atom. The van der Waals surface area contributed by atoms with Gasteiger partial charge in [-0.25, -0.2) is 0 Å². The first-order valence-electron chi connectivity index (χ1n) is 8.99. The number of amides is 1. The molecule has 24 heavy (non-hydrogen) atoms. The maximum Gasteiger partial charge on any atom is 0.239 e. The van der Waals surface area contributed by atoms with Crippen LogP contribution in [0.3, 0.4) is 0 Å². The number of anilines is 1. The molecule has 2 aliphatic heterocycles. The summed E-state index contributed by atoms with van der Waals surface area (Å²) in [5.41, 5.74) is 2.52. The second-order valence-electron chi connectivity index (χ2n) is 7.34. The zero-order valence-corrected chi connectivity index (χ0v) is 14.9. The second-order valence-corrected chi connectivity index (χ2v) is 7.34. The summed E-state index contributed by atoms with van der Waals surface area (Å²) in [5.74, 6) is 0.105. The summed E-state index contributed by atoms with van der Waals surface area (Å²) in [6.07, 6.45) is 2.22. The minimum Gasteiger partial charge on any atom is -0.379 e. The quantitative estimate of drug-likeness (QED) is 0.891. The number of aryl methyl sites for hydroxylation is 1. The van der Waals surface area contributed by atoms with Gasteiger partial charge in [-0.3, -0.25) is 9.69 Å². The molecule has 5 heteroatoms. The Hall–Kier alpha value is -1.59. The van der Waals surface area contributed by atoms with Gasteiger partial charge in [0.25, 0.3) is 0 Å². The molecule has 1 aromatic rings. The lowest BCUT2D eigenvalue weighted by molar-refractivity contribution is -0.120. The van der Waals surface area contributed by atoms with E-state index in [9.17, 15) is 4.79 Å². The van der Waals surface area contributed by atoms with Crippen LogP contribution in [0.2, 0.25) is 0 Å². The van der Waals surface area contributed by atoms with Crippen LogP contribution in [0, 0.1) is 0 Å². The van der Waals surface area contributed by atoms with Gasteiger partial charge in [0.1, 0.15) is 0 Å². The van der Waals surface area contributed by atoms with Gasteiger partial charge >= 0.3 is 0 Å². The average molecular weight is 331 g/mol. The van der Waals surface area contributed by atoms with Crippen LogP contribution in [-0.4, -0.2) is 62.3 Å². The number of ether oxygens (including phenoxy) is 1. The summed E-state index contributed by atoms with van der Waals surface area (Å²) in [5, 5.41) is 3.14. The lowest BCUT2D eigenvalue weighted by Gasteiger charge is -2.41. The summed E-state index contributed by atoms with van der Waals surface area (Å²) in [4.78, 5) is 17.1. The molecule has 3 rings (SSSR count). The van der Waals surface area contributed by atoms with Crippen LogP contribution in [0.25, 0.3) is 0 Å². The molecule has 2 heterocycles. The molecule has 0 atom stereocenters. The molecular formula is C19H29N3O2. The molecular weight excluding hydrogens is 302 g/mol. The number of nitrogens with one attached hydrogen (secondary N) is 1. The fourth-order valence-electron chi connectivity index (χ4n) is 3.60. The highest BCUT2D eigenvalue weighted by Gasteiger charge is 2.29. The zero-order valence-electron chi connectivity index (χ0n) is 14.9. The van der Waals surface area contributed by atoms with E-state index in [1.54, 1.807) is 0 Å². The molecule has 0 unspecified atom stereocenters. The molecule has 0 radical (unpaired) electrons. The number of fused-ring (bicyclic) bond motifs is 1. The number of nitrogens with zero attached hydrogens (tertiary/aromatic N) is 2. The Bertz CT molecular complexity index is 567. The Morgan fingerprint density at radius 2 is 1.96 bits per heavy atom. The third-order valence-electron chi connectivity index (χ3n) is 5.13. The van der Waals surface area contributed by atoms with Crippen LogP contribution in [-0.2, 0) is 16.0 Å². The summed E-state index contributed by atoms with van der Waals surface area (Å²) in [6, 6.07) is 8.42. The predicted octanol–water partition coefficient (Wildman–Crippen LogP) is 1.67. The van der Waals surface area contributed by atoms with Crippen molar-refractivity contribution >= 4 is 11.6 Å². The van der Waals surface area contributed by atoms with Crippen molar-refractivity contribution < 1.29 is 9.53 Å². The SMILES string of the molecule is CC(C)(CNC(=O)CN1CCCc2ccccc21)N1CCOCC1. The Balaban J connectivity index is 1.53. The lowest BCUT2D eigenvalue weighted by Crippen LogP contribution is -2.56. The van der Waals surface area contributed by atoms with Crippen LogP contribution in [0.4, 0.5) is 5.69 Å². The van der Waals surface area contributed by atoms with E-state index in [1.165, 1.54) is 11.3 Å². The van der Waals surface area contributed by atoms with E-state index in [-0.39, 0.29) is 11.4 Å². The highest BCUT2D eigenvalue weighted by Crippen LogP contribution is 2.26. The van der Waals surface area contributed by atoms with Crippen LogP contribution in [0.15, 0.2) is 24.3 Å². The van der Waals surface area contributed by atoms with E-state index in [0.717, 1.165) is 45.7 Å². The second kappa shape index (κ2) is 7.53. The summed E-state index contributed by atoms with van der Waals surface area (Å²) in [6.45, 7) is 9.87. The van der Waals surface area contributed by atoms with Gasteiger partial charge in [-0.15, -0.1) is 0 Å². The molecule has 0 bridgehead atoms. The van der Waals surface area contributed by atoms with Gasteiger partial charge in [-0.1, -0.05) is 18.2 Å². The number of hydrogen-bond donors (Lipinski definition) is 1. The number of benzene rings is 1. The predicted molar refractivity (Wildman–Crippen MR) is 96.5 cm³/mol. The molecule has 1 fully saturated rings. The van der Waals surface area contributed by atoms with Gasteiger partial charge in [0, 0.05) is 37.4 Å². The smallest absolute Gasteiger partial charge is 0.239 e. The van der Waals surface area contributed by atoms with E-state index in [2.05, 4.69) is 53.2 Å². The summed E-state index contributed by atoms with van der Waals surface area (Å²) < 4.78 is 5.42. The largest absolute Gasteiger partial charge is 0.379 e. The van der Waals surface area contributed by atoms with Gasteiger partial charge < -0.3 is 15.0 Å². The van der Waals surface area contributed by atoms with E-state index in [0.29, 0.717) is 13.1 Å². The van der Waals surface area contributed by atoms with Crippen molar-refractivity contribution in [3.05, 3.63) is 29.8 Å². The first-order chi connectivity index (χ1) is 11.6. The van der Waals surface area contributed by atoms with Crippen molar-refractivity contribution in [2.75, 3.05) is 50.8 Å². The van der Waals surface area contributed by atoms with Crippen LogP contribution >= 0.6 is 0 Å². The minimum absolute atomic E-state index is 0.0424.